The van der Waals surface area contributed by atoms with E-state index < -0.39 is 0 Å². The fraction of sp³-hybridized carbons (Fsp3) is 0.250. The summed E-state index contributed by atoms with van der Waals surface area (Å²) in [5.74, 6) is -0.119. The second kappa shape index (κ2) is 4.66. The van der Waals surface area contributed by atoms with Gasteiger partial charge in [0.2, 0.25) is 5.91 Å². The molecule has 0 atom stereocenters. The Bertz CT molecular complexity index is 267. The number of hydrogen-bond acceptors (Lipinski definition) is 3. The number of allylic oxidation sites excluding steroid dienone is 1. The Kier molecular flexibility index (Phi) is 3.47. The van der Waals surface area contributed by atoms with Gasteiger partial charge in [0.05, 0.1) is 0 Å². The molecule has 1 aromatic rings. The molecule has 0 spiro atoms. The molecule has 0 unspecified atom stereocenters. The molecule has 0 aromatic carbocycles. The molecule has 0 aliphatic carbocycles. The minimum atomic E-state index is -0.119. The molecule has 0 saturated heterocycles. The molecule has 0 aliphatic heterocycles. The number of carbonyl (C=O) groups is 1. The van der Waals surface area contributed by atoms with Crippen LogP contribution in [0.2, 0.25) is 0 Å². The van der Waals surface area contributed by atoms with Gasteiger partial charge in [-0.3, -0.25) is 10.1 Å². The summed E-state index contributed by atoms with van der Waals surface area (Å²) in [5, 5.41) is 5.10. The first kappa shape index (κ1) is 8.93. The molecular formula is C8H10N2OS. The molecule has 0 fully saturated rings. The number of rotatable bonds is 3. The maximum atomic E-state index is 11.0. The first-order valence-electron chi connectivity index (χ1n) is 3.70. The Hall–Kier alpha value is -1.16. The largest absolute Gasteiger partial charge is 0.298 e. The molecule has 0 saturated carbocycles. The standard InChI is InChI=1S/C8H10N2OS/c1-2-3-4-7(11)10-8-9-5-6-12-8/h3-6H,2H2,1H3,(H,9,10,11). The molecule has 0 aliphatic rings. The minimum absolute atomic E-state index is 0.119. The molecule has 1 heterocycles. The molecule has 1 aromatic heterocycles. The highest BCUT2D eigenvalue weighted by Gasteiger charge is 1.97. The van der Waals surface area contributed by atoms with Crippen LogP contribution in [0, 0.1) is 0 Å². The molecule has 4 heteroatoms. The Labute approximate surface area is 75.1 Å². The number of thiazole rings is 1. The summed E-state index contributed by atoms with van der Waals surface area (Å²) in [6.45, 7) is 1.98. The van der Waals surface area contributed by atoms with Gasteiger partial charge in [-0.2, -0.15) is 0 Å². The van der Waals surface area contributed by atoms with Crippen molar-refractivity contribution in [2.24, 2.45) is 0 Å². The average molecular weight is 182 g/mol. The zero-order chi connectivity index (χ0) is 8.81. The van der Waals surface area contributed by atoms with Gasteiger partial charge in [0.1, 0.15) is 0 Å². The Morgan fingerprint density at radius 3 is 3.25 bits per heavy atom. The van der Waals surface area contributed by atoms with Gasteiger partial charge >= 0.3 is 0 Å². The highest BCUT2D eigenvalue weighted by Crippen LogP contribution is 2.09. The summed E-state index contributed by atoms with van der Waals surface area (Å²) in [7, 11) is 0. The highest BCUT2D eigenvalue weighted by molar-refractivity contribution is 7.13. The molecule has 0 radical (unpaired) electrons. The van der Waals surface area contributed by atoms with E-state index in [-0.39, 0.29) is 5.91 Å². The van der Waals surface area contributed by atoms with Crippen LogP contribution >= 0.6 is 11.3 Å². The van der Waals surface area contributed by atoms with E-state index in [1.54, 1.807) is 6.20 Å². The first-order valence-corrected chi connectivity index (χ1v) is 4.58. The smallest absolute Gasteiger partial charge is 0.249 e. The predicted molar refractivity (Wildman–Crippen MR) is 50.2 cm³/mol. The van der Waals surface area contributed by atoms with E-state index in [2.05, 4.69) is 10.3 Å². The molecule has 0 bridgehead atoms. The second-order valence-corrected chi connectivity index (χ2v) is 3.03. The maximum Gasteiger partial charge on any atom is 0.249 e. The van der Waals surface area contributed by atoms with Crippen LogP contribution in [-0.2, 0) is 4.79 Å². The van der Waals surface area contributed by atoms with Gasteiger partial charge in [-0.15, -0.1) is 11.3 Å². The lowest BCUT2D eigenvalue weighted by atomic mass is 10.4. The number of nitrogens with one attached hydrogen (secondary N) is 1. The Balaban J connectivity index is 2.42. The van der Waals surface area contributed by atoms with E-state index in [1.807, 2.05) is 18.4 Å². The Morgan fingerprint density at radius 2 is 2.67 bits per heavy atom. The van der Waals surface area contributed by atoms with Crippen molar-refractivity contribution < 1.29 is 4.79 Å². The van der Waals surface area contributed by atoms with Crippen molar-refractivity contribution >= 4 is 22.4 Å². The number of nitrogens with zero attached hydrogens (tertiary/aromatic N) is 1. The zero-order valence-electron chi connectivity index (χ0n) is 6.78. The van der Waals surface area contributed by atoms with Gasteiger partial charge in [0, 0.05) is 11.6 Å². The van der Waals surface area contributed by atoms with Crippen LogP contribution in [0.3, 0.4) is 0 Å². The monoisotopic (exact) mass is 182 g/mol. The normalized spacial score (nSPS) is 10.4. The summed E-state index contributed by atoms with van der Waals surface area (Å²) >= 11 is 1.41. The molecule has 1 amide bonds. The van der Waals surface area contributed by atoms with Gasteiger partial charge < -0.3 is 0 Å². The predicted octanol–water partition coefficient (Wildman–Crippen LogP) is 2.05. The molecule has 3 nitrogen and oxygen atoms in total. The van der Waals surface area contributed by atoms with Crippen molar-refractivity contribution in [3.05, 3.63) is 23.7 Å². The van der Waals surface area contributed by atoms with Crippen LogP contribution in [0.25, 0.3) is 0 Å². The van der Waals surface area contributed by atoms with E-state index in [9.17, 15) is 4.79 Å². The van der Waals surface area contributed by atoms with E-state index in [0.29, 0.717) is 5.13 Å². The lowest BCUT2D eigenvalue weighted by Crippen LogP contribution is -2.06. The van der Waals surface area contributed by atoms with Gasteiger partial charge in [-0.05, 0) is 12.5 Å². The summed E-state index contributed by atoms with van der Waals surface area (Å²) < 4.78 is 0. The summed E-state index contributed by atoms with van der Waals surface area (Å²) in [5.41, 5.74) is 0. The third kappa shape index (κ3) is 2.84. The minimum Gasteiger partial charge on any atom is -0.298 e. The van der Waals surface area contributed by atoms with E-state index in [1.165, 1.54) is 17.4 Å². The van der Waals surface area contributed by atoms with Crippen molar-refractivity contribution in [2.75, 3.05) is 5.32 Å². The van der Waals surface area contributed by atoms with E-state index in [0.717, 1.165) is 6.42 Å². The van der Waals surface area contributed by atoms with Crippen LogP contribution in [0.15, 0.2) is 23.7 Å². The molecular weight excluding hydrogens is 172 g/mol. The fourth-order valence-corrected chi connectivity index (χ4v) is 1.19. The van der Waals surface area contributed by atoms with Crippen LogP contribution < -0.4 is 5.32 Å². The molecule has 1 N–H and O–H groups in total. The lowest BCUT2D eigenvalue weighted by molar-refractivity contribution is -0.111. The fourth-order valence-electron chi connectivity index (χ4n) is 0.657. The molecule has 1 rings (SSSR count). The van der Waals surface area contributed by atoms with Gasteiger partial charge in [-0.1, -0.05) is 13.0 Å². The number of amides is 1. The van der Waals surface area contributed by atoms with Crippen LogP contribution in [0.4, 0.5) is 5.13 Å². The molecule has 64 valence electrons. The van der Waals surface area contributed by atoms with E-state index >= 15 is 0 Å². The van der Waals surface area contributed by atoms with Crippen molar-refractivity contribution in [2.45, 2.75) is 13.3 Å². The van der Waals surface area contributed by atoms with Gasteiger partial charge in [0.15, 0.2) is 5.13 Å². The van der Waals surface area contributed by atoms with Crippen molar-refractivity contribution in [1.82, 2.24) is 4.98 Å². The third-order valence-electron chi connectivity index (χ3n) is 1.17. The lowest BCUT2D eigenvalue weighted by Gasteiger charge is -1.93. The number of carbonyl (C=O) groups excluding carboxylic acids is 1. The van der Waals surface area contributed by atoms with Gasteiger partial charge in [-0.25, -0.2) is 4.98 Å². The maximum absolute atomic E-state index is 11.0. The summed E-state index contributed by atoms with van der Waals surface area (Å²) in [6, 6.07) is 0. The average Bonchev–Trinajstić information content (AvgIpc) is 2.53. The zero-order valence-corrected chi connectivity index (χ0v) is 7.60. The summed E-state index contributed by atoms with van der Waals surface area (Å²) in [4.78, 5) is 15.0. The third-order valence-corrected chi connectivity index (χ3v) is 1.86. The number of aromatic nitrogens is 1. The van der Waals surface area contributed by atoms with Crippen LogP contribution in [0.1, 0.15) is 13.3 Å². The quantitative estimate of drug-likeness (QED) is 0.727. The van der Waals surface area contributed by atoms with Crippen molar-refractivity contribution in [3.8, 4) is 0 Å². The SMILES string of the molecule is CCC=CC(=O)Nc1nccs1. The second-order valence-electron chi connectivity index (χ2n) is 2.14. The highest BCUT2D eigenvalue weighted by atomic mass is 32.1. The van der Waals surface area contributed by atoms with Crippen LogP contribution in [0.5, 0.6) is 0 Å². The first-order chi connectivity index (χ1) is 5.83. The number of hydrogen-bond donors (Lipinski definition) is 1. The number of anilines is 1. The van der Waals surface area contributed by atoms with E-state index in [4.69, 9.17) is 0 Å². The topological polar surface area (TPSA) is 42.0 Å². The summed E-state index contributed by atoms with van der Waals surface area (Å²) in [6.07, 6.45) is 5.85. The van der Waals surface area contributed by atoms with Crippen LogP contribution in [-0.4, -0.2) is 10.9 Å². The Morgan fingerprint density at radius 1 is 1.83 bits per heavy atom. The van der Waals surface area contributed by atoms with Gasteiger partial charge in [0.25, 0.3) is 0 Å². The van der Waals surface area contributed by atoms with Crippen molar-refractivity contribution in [1.29, 1.82) is 0 Å². The van der Waals surface area contributed by atoms with Crippen molar-refractivity contribution in [3.63, 3.8) is 0 Å². The molecule has 12 heavy (non-hydrogen) atoms.